The lowest BCUT2D eigenvalue weighted by atomic mass is 10.0. The number of nitrogens with two attached hydrogens (primary N) is 1. The molecule has 1 aromatic rings. The Bertz CT molecular complexity index is 386. The summed E-state index contributed by atoms with van der Waals surface area (Å²) in [5, 5.41) is 0. The molecule has 2 N–H and O–H groups in total. The predicted octanol–water partition coefficient (Wildman–Crippen LogP) is 3.23. The van der Waals surface area contributed by atoms with Gasteiger partial charge >= 0.3 is 0 Å². The Morgan fingerprint density at radius 2 is 1.94 bits per heavy atom. The van der Waals surface area contributed by atoms with Crippen LogP contribution in [0.15, 0.2) is 18.2 Å². The van der Waals surface area contributed by atoms with Gasteiger partial charge in [-0.15, -0.1) is 12.4 Å². The fourth-order valence-corrected chi connectivity index (χ4v) is 2.14. The average Bonchev–Trinajstić information content (AvgIpc) is 3.18. The summed E-state index contributed by atoms with van der Waals surface area (Å²) in [5.41, 5.74) is 8.35. The molecule has 0 aromatic heterocycles. The van der Waals surface area contributed by atoms with Crippen molar-refractivity contribution in [3.05, 3.63) is 29.3 Å². The molecular formula is C14H20ClNO. The van der Waals surface area contributed by atoms with Crippen LogP contribution in [0.5, 0.6) is 5.75 Å². The van der Waals surface area contributed by atoms with Crippen LogP contribution in [-0.4, -0.2) is 6.61 Å². The molecule has 0 amide bonds. The minimum absolute atomic E-state index is 0. The molecule has 2 saturated carbocycles. The molecule has 0 aliphatic heterocycles. The summed E-state index contributed by atoms with van der Waals surface area (Å²) in [6.45, 7) is 1.47. The molecule has 2 aliphatic rings. The number of hydrogen-bond acceptors (Lipinski definition) is 2. The first-order chi connectivity index (χ1) is 7.88. The summed E-state index contributed by atoms with van der Waals surface area (Å²) in [5.74, 6) is 2.64. The molecule has 0 heterocycles. The van der Waals surface area contributed by atoms with Crippen LogP contribution in [0.3, 0.4) is 0 Å². The fraction of sp³-hybridized carbons (Fsp3) is 0.571. The highest BCUT2D eigenvalue weighted by Crippen LogP contribution is 2.45. The maximum atomic E-state index is 6.00. The number of hydrogen-bond donors (Lipinski definition) is 1. The Kier molecular flexibility index (Phi) is 3.95. The van der Waals surface area contributed by atoms with E-state index in [-0.39, 0.29) is 12.4 Å². The quantitative estimate of drug-likeness (QED) is 0.875. The smallest absolute Gasteiger partial charge is 0.127 e. The zero-order chi connectivity index (χ0) is 11.0. The van der Waals surface area contributed by atoms with Gasteiger partial charge in [0.05, 0.1) is 6.61 Å². The summed E-state index contributed by atoms with van der Waals surface area (Å²) in [7, 11) is 0. The van der Waals surface area contributed by atoms with Gasteiger partial charge in [0.15, 0.2) is 0 Å². The van der Waals surface area contributed by atoms with Crippen molar-refractivity contribution < 1.29 is 4.74 Å². The van der Waals surface area contributed by atoms with E-state index in [1.54, 1.807) is 0 Å². The number of ether oxygens (including phenoxy) is 1. The van der Waals surface area contributed by atoms with E-state index in [2.05, 4.69) is 18.2 Å². The summed E-state index contributed by atoms with van der Waals surface area (Å²) in [4.78, 5) is 0. The summed E-state index contributed by atoms with van der Waals surface area (Å²) >= 11 is 0. The molecule has 2 fully saturated rings. The lowest BCUT2D eigenvalue weighted by Crippen LogP contribution is -2.07. The minimum atomic E-state index is 0. The van der Waals surface area contributed by atoms with Gasteiger partial charge in [0.25, 0.3) is 0 Å². The summed E-state index contributed by atoms with van der Waals surface area (Å²) in [6.07, 6.45) is 5.30. The Hall–Kier alpha value is -0.730. The zero-order valence-corrected chi connectivity index (χ0v) is 10.8. The monoisotopic (exact) mass is 253 g/mol. The van der Waals surface area contributed by atoms with Crippen LogP contribution in [0.4, 0.5) is 0 Å². The van der Waals surface area contributed by atoms with Gasteiger partial charge in [-0.1, -0.05) is 18.2 Å². The van der Waals surface area contributed by atoms with Crippen LogP contribution in [0.25, 0.3) is 0 Å². The highest BCUT2D eigenvalue weighted by atomic mass is 35.5. The third kappa shape index (κ3) is 2.93. The van der Waals surface area contributed by atoms with Gasteiger partial charge in [-0.3, -0.25) is 0 Å². The first kappa shape index (κ1) is 12.7. The molecular weight excluding hydrogens is 234 g/mol. The molecule has 94 valence electrons. The van der Waals surface area contributed by atoms with Gasteiger partial charge in [-0.2, -0.15) is 0 Å². The van der Waals surface area contributed by atoms with E-state index in [0.29, 0.717) is 6.54 Å². The van der Waals surface area contributed by atoms with Gasteiger partial charge in [0.2, 0.25) is 0 Å². The molecule has 3 rings (SSSR count). The largest absolute Gasteiger partial charge is 0.493 e. The van der Waals surface area contributed by atoms with Crippen molar-refractivity contribution in [2.75, 3.05) is 6.61 Å². The van der Waals surface area contributed by atoms with Crippen LogP contribution >= 0.6 is 12.4 Å². The lowest BCUT2D eigenvalue weighted by Gasteiger charge is -2.14. The Labute approximate surface area is 109 Å². The van der Waals surface area contributed by atoms with Crippen molar-refractivity contribution >= 4 is 12.4 Å². The molecule has 3 heteroatoms. The highest BCUT2D eigenvalue weighted by molar-refractivity contribution is 5.85. The van der Waals surface area contributed by atoms with Crippen molar-refractivity contribution in [1.82, 2.24) is 0 Å². The van der Waals surface area contributed by atoms with E-state index in [1.807, 2.05) is 0 Å². The van der Waals surface area contributed by atoms with Gasteiger partial charge in [-0.05, 0) is 43.1 Å². The molecule has 0 bridgehead atoms. The Morgan fingerprint density at radius 1 is 1.18 bits per heavy atom. The molecule has 2 nitrogen and oxygen atoms in total. The van der Waals surface area contributed by atoms with Crippen molar-refractivity contribution in [2.45, 2.75) is 38.1 Å². The molecule has 2 aliphatic carbocycles. The first-order valence-corrected chi connectivity index (χ1v) is 6.33. The number of para-hydroxylation sites is 1. The Balaban J connectivity index is 0.00000108. The molecule has 0 spiro atoms. The maximum Gasteiger partial charge on any atom is 0.127 e. The third-order valence-electron chi connectivity index (χ3n) is 3.52. The topological polar surface area (TPSA) is 35.2 Å². The van der Waals surface area contributed by atoms with Crippen molar-refractivity contribution in [2.24, 2.45) is 11.7 Å². The van der Waals surface area contributed by atoms with Crippen molar-refractivity contribution in [1.29, 1.82) is 0 Å². The maximum absolute atomic E-state index is 6.00. The fourth-order valence-electron chi connectivity index (χ4n) is 2.14. The van der Waals surface area contributed by atoms with Gasteiger partial charge in [-0.25, -0.2) is 0 Å². The normalized spacial score (nSPS) is 18.6. The van der Waals surface area contributed by atoms with E-state index >= 15 is 0 Å². The van der Waals surface area contributed by atoms with E-state index < -0.39 is 0 Å². The second-order valence-electron chi connectivity index (χ2n) is 5.07. The standard InChI is InChI=1S/C14H19NO.ClH/c15-8-12-2-1-3-13(11-6-7-11)14(12)16-9-10-4-5-10;/h1-3,10-11H,4-9,15H2;1H. The highest BCUT2D eigenvalue weighted by Gasteiger charge is 2.29. The molecule has 0 unspecified atom stereocenters. The number of rotatable bonds is 5. The van der Waals surface area contributed by atoms with E-state index in [0.717, 1.165) is 24.2 Å². The van der Waals surface area contributed by atoms with Crippen molar-refractivity contribution in [3.63, 3.8) is 0 Å². The van der Waals surface area contributed by atoms with Crippen LogP contribution in [0, 0.1) is 5.92 Å². The van der Waals surface area contributed by atoms with E-state index in [9.17, 15) is 0 Å². The van der Waals surface area contributed by atoms with Crippen LogP contribution < -0.4 is 10.5 Å². The second-order valence-corrected chi connectivity index (χ2v) is 5.07. The van der Waals surface area contributed by atoms with Gasteiger partial charge in [0.1, 0.15) is 5.75 Å². The number of benzene rings is 1. The SMILES string of the molecule is Cl.NCc1cccc(C2CC2)c1OCC1CC1. The van der Waals surface area contributed by atoms with Crippen LogP contribution in [-0.2, 0) is 6.54 Å². The minimum Gasteiger partial charge on any atom is -0.493 e. The summed E-state index contributed by atoms with van der Waals surface area (Å²) < 4.78 is 6.00. The van der Waals surface area contributed by atoms with E-state index in [1.165, 1.54) is 36.8 Å². The first-order valence-electron chi connectivity index (χ1n) is 6.33. The van der Waals surface area contributed by atoms with Gasteiger partial charge in [0, 0.05) is 12.1 Å². The molecule has 0 radical (unpaired) electrons. The van der Waals surface area contributed by atoms with Crippen molar-refractivity contribution in [3.8, 4) is 5.75 Å². The summed E-state index contributed by atoms with van der Waals surface area (Å²) in [6, 6.07) is 6.41. The molecule has 17 heavy (non-hydrogen) atoms. The van der Waals surface area contributed by atoms with Crippen LogP contribution in [0.2, 0.25) is 0 Å². The average molecular weight is 254 g/mol. The van der Waals surface area contributed by atoms with E-state index in [4.69, 9.17) is 10.5 Å². The molecule has 0 atom stereocenters. The second kappa shape index (κ2) is 5.28. The predicted molar refractivity (Wildman–Crippen MR) is 71.8 cm³/mol. The lowest BCUT2D eigenvalue weighted by molar-refractivity contribution is 0.294. The molecule has 1 aromatic carbocycles. The third-order valence-corrected chi connectivity index (χ3v) is 3.52. The number of halogens is 1. The van der Waals surface area contributed by atoms with Gasteiger partial charge < -0.3 is 10.5 Å². The Morgan fingerprint density at radius 3 is 2.53 bits per heavy atom. The van der Waals surface area contributed by atoms with Crippen LogP contribution in [0.1, 0.15) is 42.7 Å². The molecule has 0 saturated heterocycles. The zero-order valence-electron chi connectivity index (χ0n) is 10.0.